The SMILES string of the molecule is Cn1c(C2(CN)CC2)nc2c(F)cccc21. The van der Waals surface area contributed by atoms with E-state index in [0.717, 1.165) is 24.2 Å². The van der Waals surface area contributed by atoms with Crippen LogP contribution < -0.4 is 5.73 Å². The molecule has 0 atom stereocenters. The van der Waals surface area contributed by atoms with Crippen LogP contribution in [0, 0.1) is 5.82 Å². The first-order valence-corrected chi connectivity index (χ1v) is 5.49. The molecule has 3 nitrogen and oxygen atoms in total. The number of imidazole rings is 1. The number of nitrogens with two attached hydrogens (primary N) is 1. The van der Waals surface area contributed by atoms with E-state index in [1.165, 1.54) is 6.07 Å². The average molecular weight is 219 g/mol. The van der Waals surface area contributed by atoms with Gasteiger partial charge in [-0.1, -0.05) is 6.07 Å². The number of para-hydroxylation sites is 1. The number of aromatic nitrogens is 2. The maximum atomic E-state index is 13.6. The van der Waals surface area contributed by atoms with E-state index in [4.69, 9.17) is 5.73 Å². The van der Waals surface area contributed by atoms with Crippen molar-refractivity contribution in [2.75, 3.05) is 6.54 Å². The minimum atomic E-state index is -0.257. The van der Waals surface area contributed by atoms with E-state index < -0.39 is 0 Å². The molecule has 2 N–H and O–H groups in total. The number of nitrogens with zero attached hydrogens (tertiary/aromatic N) is 2. The second-order valence-electron chi connectivity index (χ2n) is 4.59. The van der Waals surface area contributed by atoms with Gasteiger partial charge in [0.1, 0.15) is 11.3 Å². The minimum absolute atomic E-state index is 0.000208. The molecule has 0 saturated heterocycles. The summed E-state index contributed by atoms with van der Waals surface area (Å²) in [6, 6.07) is 5.05. The Morgan fingerprint density at radius 1 is 1.50 bits per heavy atom. The fraction of sp³-hybridized carbons (Fsp3) is 0.417. The molecule has 0 spiro atoms. The highest BCUT2D eigenvalue weighted by Gasteiger charge is 2.46. The number of benzene rings is 1. The van der Waals surface area contributed by atoms with Crippen LogP contribution in [-0.2, 0) is 12.5 Å². The van der Waals surface area contributed by atoms with Gasteiger partial charge in [-0.3, -0.25) is 0 Å². The summed E-state index contributed by atoms with van der Waals surface area (Å²) < 4.78 is 15.6. The van der Waals surface area contributed by atoms with Crippen molar-refractivity contribution in [2.24, 2.45) is 12.8 Å². The van der Waals surface area contributed by atoms with Gasteiger partial charge in [0.2, 0.25) is 0 Å². The molecule has 1 saturated carbocycles. The highest BCUT2D eigenvalue weighted by Crippen LogP contribution is 2.47. The van der Waals surface area contributed by atoms with Gasteiger partial charge >= 0.3 is 0 Å². The van der Waals surface area contributed by atoms with Gasteiger partial charge in [-0.25, -0.2) is 9.37 Å². The van der Waals surface area contributed by atoms with E-state index in [0.29, 0.717) is 12.1 Å². The zero-order chi connectivity index (χ0) is 11.3. The Morgan fingerprint density at radius 2 is 2.25 bits per heavy atom. The van der Waals surface area contributed by atoms with Crippen molar-refractivity contribution < 1.29 is 4.39 Å². The van der Waals surface area contributed by atoms with Crippen LogP contribution in [-0.4, -0.2) is 16.1 Å². The first kappa shape index (κ1) is 9.78. The molecule has 1 aromatic heterocycles. The lowest BCUT2D eigenvalue weighted by molar-refractivity contribution is 0.617. The third kappa shape index (κ3) is 1.13. The van der Waals surface area contributed by atoms with Crippen molar-refractivity contribution in [2.45, 2.75) is 18.3 Å². The molecule has 0 bridgehead atoms. The van der Waals surface area contributed by atoms with Crippen LogP contribution in [0.25, 0.3) is 11.0 Å². The Morgan fingerprint density at radius 3 is 2.81 bits per heavy atom. The van der Waals surface area contributed by atoms with Gasteiger partial charge in [0.05, 0.1) is 5.52 Å². The quantitative estimate of drug-likeness (QED) is 0.835. The van der Waals surface area contributed by atoms with Crippen LogP contribution in [0.2, 0.25) is 0 Å². The predicted molar refractivity (Wildman–Crippen MR) is 60.6 cm³/mol. The Balaban J connectivity index is 2.28. The van der Waals surface area contributed by atoms with E-state index in [1.807, 2.05) is 17.7 Å². The predicted octanol–water partition coefficient (Wildman–Crippen LogP) is 1.70. The maximum absolute atomic E-state index is 13.6. The first-order chi connectivity index (χ1) is 7.68. The van der Waals surface area contributed by atoms with Crippen LogP contribution in [0.1, 0.15) is 18.7 Å². The summed E-state index contributed by atoms with van der Waals surface area (Å²) >= 11 is 0. The minimum Gasteiger partial charge on any atom is -0.331 e. The third-order valence-electron chi connectivity index (χ3n) is 3.58. The van der Waals surface area contributed by atoms with E-state index in [2.05, 4.69) is 4.98 Å². The third-order valence-corrected chi connectivity index (χ3v) is 3.58. The van der Waals surface area contributed by atoms with Gasteiger partial charge in [0.25, 0.3) is 0 Å². The normalized spacial score (nSPS) is 17.9. The molecule has 1 fully saturated rings. The summed E-state index contributed by atoms with van der Waals surface area (Å²) in [5, 5.41) is 0. The lowest BCUT2D eigenvalue weighted by Gasteiger charge is -2.11. The van der Waals surface area contributed by atoms with Crippen LogP contribution in [0.5, 0.6) is 0 Å². The van der Waals surface area contributed by atoms with Crippen LogP contribution >= 0.6 is 0 Å². The van der Waals surface area contributed by atoms with E-state index in [-0.39, 0.29) is 11.2 Å². The molecule has 4 heteroatoms. The highest BCUT2D eigenvalue weighted by atomic mass is 19.1. The number of hydrogen-bond donors (Lipinski definition) is 1. The van der Waals surface area contributed by atoms with E-state index in [1.54, 1.807) is 6.07 Å². The molecule has 1 aliphatic carbocycles. The molecule has 1 aromatic carbocycles. The van der Waals surface area contributed by atoms with Gasteiger partial charge in [-0.15, -0.1) is 0 Å². The van der Waals surface area contributed by atoms with Crippen molar-refractivity contribution in [1.82, 2.24) is 9.55 Å². The smallest absolute Gasteiger partial charge is 0.151 e. The van der Waals surface area contributed by atoms with E-state index in [9.17, 15) is 4.39 Å². The number of aryl methyl sites for hydroxylation is 1. The standard InChI is InChI=1S/C12H14FN3/c1-16-9-4-2-3-8(13)10(9)15-11(16)12(7-14)5-6-12/h2-4H,5-7,14H2,1H3. The fourth-order valence-corrected chi connectivity index (χ4v) is 2.32. The first-order valence-electron chi connectivity index (χ1n) is 5.49. The second kappa shape index (κ2) is 3.04. The second-order valence-corrected chi connectivity index (χ2v) is 4.59. The number of halogens is 1. The fourth-order valence-electron chi connectivity index (χ4n) is 2.32. The molecule has 0 amide bonds. The van der Waals surface area contributed by atoms with Crippen molar-refractivity contribution in [1.29, 1.82) is 0 Å². The van der Waals surface area contributed by atoms with Gasteiger partial charge in [0, 0.05) is 19.0 Å². The van der Waals surface area contributed by atoms with Gasteiger partial charge in [0.15, 0.2) is 5.82 Å². The van der Waals surface area contributed by atoms with Gasteiger partial charge in [-0.2, -0.15) is 0 Å². The Kier molecular flexibility index (Phi) is 1.86. The zero-order valence-corrected chi connectivity index (χ0v) is 9.20. The summed E-state index contributed by atoms with van der Waals surface area (Å²) in [6.07, 6.45) is 2.12. The largest absolute Gasteiger partial charge is 0.331 e. The van der Waals surface area contributed by atoms with Crippen molar-refractivity contribution in [3.63, 3.8) is 0 Å². The van der Waals surface area contributed by atoms with Crippen molar-refractivity contribution in [3.8, 4) is 0 Å². The average Bonchev–Trinajstić information content (AvgIpc) is 3.01. The number of hydrogen-bond acceptors (Lipinski definition) is 2. The maximum Gasteiger partial charge on any atom is 0.151 e. The van der Waals surface area contributed by atoms with Crippen LogP contribution in [0.15, 0.2) is 18.2 Å². The lowest BCUT2D eigenvalue weighted by Crippen LogP contribution is -2.23. The number of fused-ring (bicyclic) bond motifs is 1. The molecular formula is C12H14FN3. The topological polar surface area (TPSA) is 43.8 Å². The molecule has 0 unspecified atom stereocenters. The molecule has 84 valence electrons. The van der Waals surface area contributed by atoms with Crippen molar-refractivity contribution in [3.05, 3.63) is 29.8 Å². The summed E-state index contributed by atoms with van der Waals surface area (Å²) in [4.78, 5) is 4.42. The van der Waals surface area contributed by atoms with E-state index >= 15 is 0 Å². The monoisotopic (exact) mass is 219 g/mol. The summed E-state index contributed by atoms with van der Waals surface area (Å²) in [6.45, 7) is 0.589. The Labute approximate surface area is 93.1 Å². The molecule has 0 radical (unpaired) electrons. The van der Waals surface area contributed by atoms with Gasteiger partial charge in [-0.05, 0) is 25.0 Å². The molecule has 1 aliphatic rings. The zero-order valence-electron chi connectivity index (χ0n) is 9.20. The lowest BCUT2D eigenvalue weighted by atomic mass is 10.1. The molecular weight excluding hydrogens is 205 g/mol. The van der Waals surface area contributed by atoms with Gasteiger partial charge < -0.3 is 10.3 Å². The molecule has 1 heterocycles. The van der Waals surface area contributed by atoms with Crippen LogP contribution in [0.4, 0.5) is 4.39 Å². The summed E-state index contributed by atoms with van der Waals surface area (Å²) in [5.41, 5.74) is 7.08. The van der Waals surface area contributed by atoms with Crippen molar-refractivity contribution >= 4 is 11.0 Å². The molecule has 2 aromatic rings. The molecule has 0 aliphatic heterocycles. The Hall–Kier alpha value is -1.42. The summed E-state index contributed by atoms with van der Waals surface area (Å²) in [5.74, 6) is 0.669. The summed E-state index contributed by atoms with van der Waals surface area (Å²) in [7, 11) is 1.93. The highest BCUT2D eigenvalue weighted by molar-refractivity contribution is 5.77. The molecule has 16 heavy (non-hydrogen) atoms. The van der Waals surface area contributed by atoms with Crippen LogP contribution in [0.3, 0.4) is 0 Å². The molecule has 3 rings (SSSR count). The number of rotatable bonds is 2. The Bertz CT molecular complexity index is 555.